The molecule has 0 saturated heterocycles. The molecule has 0 spiro atoms. The number of carbonyl (C=O) groups is 2. The van der Waals surface area contributed by atoms with Crippen molar-refractivity contribution < 1.29 is 14.7 Å². The van der Waals surface area contributed by atoms with Crippen LogP contribution in [0.2, 0.25) is 5.02 Å². The van der Waals surface area contributed by atoms with Gasteiger partial charge in [-0.3, -0.25) is 4.79 Å². The Labute approximate surface area is 180 Å². The Balaban J connectivity index is 0.000000722. The highest BCUT2D eigenvalue weighted by molar-refractivity contribution is 6.30. The van der Waals surface area contributed by atoms with E-state index in [1.807, 2.05) is 44.2 Å². The van der Waals surface area contributed by atoms with Crippen molar-refractivity contribution >= 4 is 29.2 Å². The Kier molecular flexibility index (Phi) is 15.3. The number of halogens is 1. The molecule has 1 amide bonds. The van der Waals surface area contributed by atoms with Crippen LogP contribution in [-0.2, 0) is 4.79 Å². The third kappa shape index (κ3) is 12.0. The number of hydrogen-bond donors (Lipinski definition) is 2. The average Bonchev–Trinajstić information content (AvgIpc) is 2.73. The van der Waals surface area contributed by atoms with Crippen LogP contribution in [0.3, 0.4) is 0 Å². The molecular weight excluding hydrogens is 386 g/mol. The van der Waals surface area contributed by atoms with Gasteiger partial charge in [0.25, 0.3) is 0 Å². The maximum absolute atomic E-state index is 12.2. The summed E-state index contributed by atoms with van der Waals surface area (Å²) in [6.07, 6.45) is 4.82. The highest BCUT2D eigenvalue weighted by atomic mass is 35.5. The SMILES string of the molecule is CC.CCCCC(CCC)C(=O)Nc1cccc(C(=O)O)c1.Clc1ccccc1. The van der Waals surface area contributed by atoms with Crippen molar-refractivity contribution in [2.45, 2.75) is 59.8 Å². The smallest absolute Gasteiger partial charge is 0.335 e. The van der Waals surface area contributed by atoms with Crippen LogP contribution in [0.4, 0.5) is 5.69 Å². The Morgan fingerprint density at radius 2 is 1.62 bits per heavy atom. The predicted octanol–water partition coefficient (Wildman–Crippen LogP) is 7.30. The largest absolute Gasteiger partial charge is 0.478 e. The number of amides is 1. The second-order valence-corrected chi connectivity index (χ2v) is 6.74. The molecule has 2 rings (SSSR count). The van der Waals surface area contributed by atoms with Crippen LogP contribution < -0.4 is 5.32 Å². The van der Waals surface area contributed by atoms with Crippen molar-refractivity contribution in [2.75, 3.05) is 5.32 Å². The summed E-state index contributed by atoms with van der Waals surface area (Å²) in [5.74, 6) is -0.992. The van der Waals surface area contributed by atoms with Crippen molar-refractivity contribution in [3.05, 3.63) is 65.2 Å². The van der Waals surface area contributed by atoms with Crippen molar-refractivity contribution in [1.29, 1.82) is 0 Å². The van der Waals surface area contributed by atoms with Gasteiger partial charge in [0.05, 0.1) is 5.56 Å². The summed E-state index contributed by atoms with van der Waals surface area (Å²) in [5.41, 5.74) is 0.732. The highest BCUT2D eigenvalue weighted by Crippen LogP contribution is 2.18. The molecule has 0 aliphatic heterocycles. The first-order chi connectivity index (χ1) is 14.0. The minimum absolute atomic E-state index is 0.00781. The van der Waals surface area contributed by atoms with Crippen LogP contribution in [-0.4, -0.2) is 17.0 Å². The minimum Gasteiger partial charge on any atom is -0.478 e. The van der Waals surface area contributed by atoms with Gasteiger partial charge in [-0.25, -0.2) is 4.79 Å². The number of rotatable bonds is 8. The van der Waals surface area contributed by atoms with Gasteiger partial charge >= 0.3 is 5.97 Å². The molecule has 2 aromatic carbocycles. The van der Waals surface area contributed by atoms with Crippen molar-refractivity contribution in [3.63, 3.8) is 0 Å². The van der Waals surface area contributed by atoms with Crippen LogP contribution in [0.1, 0.15) is 70.2 Å². The van der Waals surface area contributed by atoms with Gasteiger partial charge < -0.3 is 10.4 Å². The van der Waals surface area contributed by atoms with Crippen molar-refractivity contribution in [3.8, 4) is 0 Å². The Bertz CT molecular complexity index is 704. The Morgan fingerprint density at radius 3 is 2.10 bits per heavy atom. The van der Waals surface area contributed by atoms with E-state index in [2.05, 4.69) is 19.2 Å². The lowest BCUT2D eigenvalue weighted by Gasteiger charge is -2.16. The summed E-state index contributed by atoms with van der Waals surface area (Å²) < 4.78 is 0. The van der Waals surface area contributed by atoms with E-state index >= 15 is 0 Å². The summed E-state index contributed by atoms with van der Waals surface area (Å²) in [5, 5.41) is 12.6. The van der Waals surface area contributed by atoms with Gasteiger partial charge in [-0.05, 0) is 43.2 Å². The third-order valence-corrected chi connectivity index (χ3v) is 4.28. The van der Waals surface area contributed by atoms with E-state index in [0.717, 1.165) is 37.1 Å². The van der Waals surface area contributed by atoms with Gasteiger partial charge in [-0.15, -0.1) is 0 Å². The number of carbonyl (C=O) groups excluding carboxylic acids is 1. The van der Waals surface area contributed by atoms with E-state index in [-0.39, 0.29) is 17.4 Å². The Hall–Kier alpha value is -2.33. The summed E-state index contributed by atoms with van der Waals surface area (Å²) in [6, 6.07) is 15.8. The fraction of sp³-hybridized carbons (Fsp3) is 0.417. The van der Waals surface area contributed by atoms with Crippen molar-refractivity contribution in [1.82, 2.24) is 0 Å². The highest BCUT2D eigenvalue weighted by Gasteiger charge is 2.17. The third-order valence-electron chi connectivity index (χ3n) is 4.02. The molecule has 0 heterocycles. The lowest BCUT2D eigenvalue weighted by molar-refractivity contribution is -0.120. The lowest BCUT2D eigenvalue weighted by Crippen LogP contribution is -2.23. The summed E-state index contributed by atoms with van der Waals surface area (Å²) in [6.45, 7) is 8.18. The van der Waals surface area contributed by atoms with E-state index in [1.165, 1.54) is 12.1 Å². The molecule has 0 aliphatic rings. The topological polar surface area (TPSA) is 66.4 Å². The van der Waals surface area contributed by atoms with E-state index < -0.39 is 5.97 Å². The van der Waals surface area contributed by atoms with Crippen LogP contribution in [0.25, 0.3) is 0 Å². The molecule has 5 heteroatoms. The van der Waals surface area contributed by atoms with Crippen LogP contribution in [0.15, 0.2) is 54.6 Å². The van der Waals surface area contributed by atoms with Crippen molar-refractivity contribution in [2.24, 2.45) is 5.92 Å². The Morgan fingerprint density at radius 1 is 0.966 bits per heavy atom. The summed E-state index contributed by atoms with van der Waals surface area (Å²) >= 11 is 5.54. The minimum atomic E-state index is -0.989. The molecule has 0 aromatic heterocycles. The first-order valence-electron chi connectivity index (χ1n) is 10.3. The second-order valence-electron chi connectivity index (χ2n) is 6.30. The first kappa shape index (κ1) is 26.7. The number of carboxylic acid groups (broad SMARTS) is 1. The second kappa shape index (κ2) is 16.6. The summed E-state index contributed by atoms with van der Waals surface area (Å²) in [4.78, 5) is 23.1. The lowest BCUT2D eigenvalue weighted by atomic mass is 9.96. The fourth-order valence-electron chi connectivity index (χ4n) is 2.59. The van der Waals surface area contributed by atoms with E-state index in [9.17, 15) is 9.59 Å². The number of aromatic carboxylic acids is 1. The van der Waals surface area contributed by atoms with Crippen LogP contribution in [0.5, 0.6) is 0 Å². The van der Waals surface area contributed by atoms with Gasteiger partial charge in [0.1, 0.15) is 0 Å². The number of hydrogen-bond acceptors (Lipinski definition) is 2. The standard InChI is InChI=1S/C16H23NO3.C6H5Cl.C2H6/c1-3-5-8-12(7-4-2)15(18)17-14-10-6-9-13(11-14)16(19)20;7-6-4-2-1-3-5-6;1-2/h6,9-12H,3-5,7-8H2,1-2H3,(H,17,18)(H,19,20);1-5H;1-2H3. The molecule has 0 radical (unpaired) electrons. The van der Waals surface area contributed by atoms with Crippen LogP contribution in [0, 0.1) is 5.92 Å². The number of carboxylic acids is 1. The van der Waals surface area contributed by atoms with Gasteiger partial charge in [0.15, 0.2) is 0 Å². The predicted molar refractivity (Wildman–Crippen MR) is 123 cm³/mol. The van der Waals surface area contributed by atoms with Crippen LogP contribution >= 0.6 is 11.6 Å². The monoisotopic (exact) mass is 419 g/mol. The zero-order valence-corrected chi connectivity index (χ0v) is 18.7. The molecule has 160 valence electrons. The number of unbranched alkanes of at least 4 members (excludes halogenated alkanes) is 1. The number of benzene rings is 2. The quantitative estimate of drug-likeness (QED) is 0.471. The molecule has 2 N–H and O–H groups in total. The van der Waals surface area contributed by atoms with Gasteiger partial charge in [-0.1, -0.05) is 82.8 Å². The van der Waals surface area contributed by atoms with Gasteiger partial charge in [-0.2, -0.15) is 0 Å². The van der Waals surface area contributed by atoms with E-state index in [0.29, 0.717) is 5.69 Å². The molecule has 2 aromatic rings. The van der Waals surface area contributed by atoms with Gasteiger partial charge in [0, 0.05) is 16.6 Å². The summed E-state index contributed by atoms with van der Waals surface area (Å²) in [7, 11) is 0. The van der Waals surface area contributed by atoms with E-state index in [1.54, 1.807) is 12.1 Å². The first-order valence-corrected chi connectivity index (χ1v) is 10.7. The number of nitrogens with one attached hydrogen (secondary N) is 1. The van der Waals surface area contributed by atoms with Gasteiger partial charge in [0.2, 0.25) is 5.91 Å². The average molecular weight is 420 g/mol. The maximum atomic E-state index is 12.2. The number of anilines is 1. The normalized spacial score (nSPS) is 10.5. The molecule has 0 saturated carbocycles. The molecule has 29 heavy (non-hydrogen) atoms. The maximum Gasteiger partial charge on any atom is 0.335 e. The molecule has 0 aliphatic carbocycles. The molecule has 1 unspecified atom stereocenters. The molecule has 4 nitrogen and oxygen atoms in total. The zero-order chi connectivity index (χ0) is 22.1. The van der Waals surface area contributed by atoms with E-state index in [4.69, 9.17) is 16.7 Å². The molecule has 0 fully saturated rings. The molecule has 1 atom stereocenters. The zero-order valence-electron chi connectivity index (χ0n) is 18.0. The fourth-order valence-corrected chi connectivity index (χ4v) is 2.74. The molecular formula is C24H34ClNO3. The molecule has 0 bridgehead atoms.